The smallest absolute Gasteiger partial charge is 0.244 e. The minimum atomic E-state index is -1.06. The van der Waals surface area contributed by atoms with Crippen molar-refractivity contribution >= 4 is 18.3 Å². The first-order valence-electron chi connectivity index (χ1n) is 7.43. The summed E-state index contributed by atoms with van der Waals surface area (Å²) >= 11 is 0. The van der Waals surface area contributed by atoms with Crippen molar-refractivity contribution in [1.82, 2.24) is 5.32 Å². The van der Waals surface area contributed by atoms with Gasteiger partial charge in [-0.25, -0.2) is 0 Å². The number of hydrogen-bond acceptors (Lipinski definition) is 3. The maximum absolute atomic E-state index is 12.6. The number of fused-ring (bicyclic) bond motifs is 1. The highest BCUT2D eigenvalue weighted by atomic mass is 35.5. The zero-order valence-electron chi connectivity index (χ0n) is 13.0. The molecule has 2 aromatic rings. The molecule has 3 N–H and O–H groups in total. The summed E-state index contributed by atoms with van der Waals surface area (Å²) in [6.07, 6.45) is 0.757. The molecule has 23 heavy (non-hydrogen) atoms. The van der Waals surface area contributed by atoms with Gasteiger partial charge in [0.1, 0.15) is 17.9 Å². The normalized spacial score (nSPS) is 18.6. The Balaban J connectivity index is 0.00000192. The Kier molecular flexibility index (Phi) is 5.29. The van der Waals surface area contributed by atoms with Gasteiger partial charge in [-0.3, -0.25) is 4.79 Å². The molecule has 0 fully saturated rings. The summed E-state index contributed by atoms with van der Waals surface area (Å²) in [6, 6.07) is 17.2. The highest BCUT2D eigenvalue weighted by Crippen LogP contribution is 2.24. The fourth-order valence-electron chi connectivity index (χ4n) is 2.67. The number of para-hydroxylation sites is 1. The van der Waals surface area contributed by atoms with Crippen LogP contribution in [0.1, 0.15) is 18.1 Å². The van der Waals surface area contributed by atoms with Gasteiger partial charge in [-0.1, -0.05) is 48.5 Å². The van der Waals surface area contributed by atoms with Gasteiger partial charge in [-0.15, -0.1) is 12.4 Å². The third-order valence-corrected chi connectivity index (χ3v) is 4.06. The summed E-state index contributed by atoms with van der Waals surface area (Å²) in [6.45, 7) is 2.20. The third-order valence-electron chi connectivity index (χ3n) is 4.06. The van der Waals surface area contributed by atoms with Crippen LogP contribution in [0.3, 0.4) is 0 Å². The summed E-state index contributed by atoms with van der Waals surface area (Å²) in [5.41, 5.74) is 7.09. The molecule has 2 atom stereocenters. The molecule has 1 aliphatic heterocycles. The number of amides is 1. The lowest BCUT2D eigenvalue weighted by atomic mass is 9.91. The van der Waals surface area contributed by atoms with E-state index in [0.717, 1.165) is 23.3 Å². The molecule has 0 saturated carbocycles. The van der Waals surface area contributed by atoms with Crippen molar-refractivity contribution in [3.05, 3.63) is 65.7 Å². The molecule has 0 saturated heterocycles. The van der Waals surface area contributed by atoms with E-state index in [2.05, 4.69) is 5.32 Å². The van der Waals surface area contributed by atoms with Gasteiger partial charge in [0.25, 0.3) is 0 Å². The minimum absolute atomic E-state index is 0. The number of carbonyl (C=O) groups is 1. The van der Waals surface area contributed by atoms with Gasteiger partial charge in [-0.05, 0) is 30.5 Å². The zero-order chi connectivity index (χ0) is 15.6. The van der Waals surface area contributed by atoms with Gasteiger partial charge in [0.05, 0.1) is 6.04 Å². The molecular formula is C18H21ClN2O2. The van der Waals surface area contributed by atoms with Gasteiger partial charge in [-0.2, -0.15) is 0 Å². The van der Waals surface area contributed by atoms with Crippen LogP contribution in [0, 0.1) is 0 Å². The van der Waals surface area contributed by atoms with Crippen molar-refractivity contribution in [2.24, 2.45) is 5.73 Å². The average molecular weight is 333 g/mol. The fraction of sp³-hybridized carbons (Fsp3) is 0.278. The number of hydrogen-bond donors (Lipinski definition) is 2. The van der Waals surface area contributed by atoms with E-state index in [1.165, 1.54) is 0 Å². The van der Waals surface area contributed by atoms with Crippen LogP contribution in [0.15, 0.2) is 54.6 Å². The average Bonchev–Trinajstić information content (AvgIpc) is 2.55. The quantitative estimate of drug-likeness (QED) is 0.907. The zero-order valence-corrected chi connectivity index (χ0v) is 13.8. The van der Waals surface area contributed by atoms with E-state index in [4.69, 9.17) is 10.5 Å². The molecule has 1 amide bonds. The SMILES string of the molecule is CC(N)(C(=O)NC1COc2ccccc2C1)c1ccccc1.Cl. The Hall–Kier alpha value is -2.04. The van der Waals surface area contributed by atoms with Crippen LogP contribution in [0.25, 0.3) is 0 Å². The molecule has 122 valence electrons. The van der Waals surface area contributed by atoms with Gasteiger partial charge in [0.15, 0.2) is 0 Å². The molecule has 4 nitrogen and oxygen atoms in total. The Labute approximate surface area is 142 Å². The van der Waals surface area contributed by atoms with Crippen molar-refractivity contribution in [2.45, 2.75) is 24.9 Å². The van der Waals surface area contributed by atoms with Gasteiger partial charge >= 0.3 is 0 Å². The first-order chi connectivity index (χ1) is 10.6. The number of benzene rings is 2. The maximum atomic E-state index is 12.6. The summed E-state index contributed by atoms with van der Waals surface area (Å²) in [7, 11) is 0. The third kappa shape index (κ3) is 3.66. The largest absolute Gasteiger partial charge is 0.491 e. The van der Waals surface area contributed by atoms with E-state index in [0.29, 0.717) is 6.61 Å². The van der Waals surface area contributed by atoms with Crippen molar-refractivity contribution in [3.63, 3.8) is 0 Å². The second kappa shape index (κ2) is 7.02. The van der Waals surface area contributed by atoms with Gasteiger partial charge < -0.3 is 15.8 Å². The summed E-state index contributed by atoms with van der Waals surface area (Å²) in [5.74, 6) is 0.707. The van der Waals surface area contributed by atoms with Gasteiger partial charge in [0, 0.05) is 0 Å². The van der Waals surface area contributed by atoms with Crippen molar-refractivity contribution < 1.29 is 9.53 Å². The highest BCUT2D eigenvalue weighted by Gasteiger charge is 2.32. The predicted octanol–water partition coefficient (Wildman–Crippen LogP) is 2.40. The van der Waals surface area contributed by atoms with E-state index in [9.17, 15) is 4.79 Å². The fourth-order valence-corrected chi connectivity index (χ4v) is 2.67. The molecule has 1 aliphatic rings. The first-order valence-corrected chi connectivity index (χ1v) is 7.43. The van der Waals surface area contributed by atoms with Crippen LogP contribution in [-0.2, 0) is 16.8 Å². The Morgan fingerprint density at radius 3 is 2.57 bits per heavy atom. The van der Waals surface area contributed by atoms with E-state index in [1.807, 2.05) is 54.6 Å². The summed E-state index contributed by atoms with van der Waals surface area (Å²) in [5, 5.41) is 3.01. The number of nitrogens with two attached hydrogens (primary N) is 1. The van der Waals surface area contributed by atoms with Crippen LogP contribution < -0.4 is 15.8 Å². The number of rotatable bonds is 3. The van der Waals surface area contributed by atoms with Crippen LogP contribution in [-0.4, -0.2) is 18.6 Å². The molecule has 0 radical (unpaired) electrons. The van der Waals surface area contributed by atoms with Crippen LogP contribution >= 0.6 is 12.4 Å². The van der Waals surface area contributed by atoms with Gasteiger partial charge in [0.2, 0.25) is 5.91 Å². The lowest BCUT2D eigenvalue weighted by Crippen LogP contribution is -2.54. The second-order valence-corrected chi connectivity index (χ2v) is 5.86. The number of carbonyl (C=O) groups excluding carboxylic acids is 1. The molecule has 2 aromatic carbocycles. The molecule has 0 aliphatic carbocycles. The van der Waals surface area contributed by atoms with Crippen LogP contribution in [0.4, 0.5) is 0 Å². The first kappa shape index (κ1) is 17.3. The second-order valence-electron chi connectivity index (χ2n) is 5.86. The summed E-state index contributed by atoms with van der Waals surface area (Å²) < 4.78 is 5.70. The van der Waals surface area contributed by atoms with Crippen molar-refractivity contribution in [3.8, 4) is 5.75 Å². The number of halogens is 1. The van der Waals surface area contributed by atoms with Crippen molar-refractivity contribution in [1.29, 1.82) is 0 Å². The number of ether oxygens (including phenoxy) is 1. The Morgan fingerprint density at radius 2 is 1.83 bits per heavy atom. The molecule has 1 heterocycles. The molecule has 0 bridgehead atoms. The van der Waals surface area contributed by atoms with E-state index >= 15 is 0 Å². The topological polar surface area (TPSA) is 64.4 Å². The molecular weight excluding hydrogens is 312 g/mol. The highest BCUT2D eigenvalue weighted by molar-refractivity contribution is 5.87. The molecule has 5 heteroatoms. The maximum Gasteiger partial charge on any atom is 0.244 e. The lowest BCUT2D eigenvalue weighted by Gasteiger charge is -2.30. The van der Waals surface area contributed by atoms with Crippen molar-refractivity contribution in [2.75, 3.05) is 6.61 Å². The molecule has 0 spiro atoms. The molecule has 3 rings (SSSR count). The minimum Gasteiger partial charge on any atom is -0.491 e. The molecule has 0 aromatic heterocycles. The van der Waals surface area contributed by atoms with E-state index < -0.39 is 5.54 Å². The lowest BCUT2D eigenvalue weighted by molar-refractivity contribution is -0.127. The van der Waals surface area contributed by atoms with E-state index in [1.54, 1.807) is 6.92 Å². The predicted molar refractivity (Wildman–Crippen MR) is 92.8 cm³/mol. The van der Waals surface area contributed by atoms with Crippen LogP contribution in [0.2, 0.25) is 0 Å². The Morgan fingerprint density at radius 1 is 1.17 bits per heavy atom. The van der Waals surface area contributed by atoms with E-state index in [-0.39, 0.29) is 24.4 Å². The Bertz CT molecular complexity index is 674. The monoisotopic (exact) mass is 332 g/mol. The number of nitrogens with one attached hydrogen (secondary N) is 1. The summed E-state index contributed by atoms with van der Waals surface area (Å²) in [4.78, 5) is 12.6. The van der Waals surface area contributed by atoms with Crippen LogP contribution in [0.5, 0.6) is 5.75 Å². The standard InChI is InChI=1S/C18H20N2O2.ClH/c1-18(19,14-8-3-2-4-9-14)17(21)20-15-11-13-7-5-6-10-16(13)22-12-15;/h2-10,15H,11-12,19H2,1H3,(H,20,21);1H. The molecule has 2 unspecified atom stereocenters.